The van der Waals surface area contributed by atoms with Crippen LogP contribution in [0.2, 0.25) is 0 Å². The Hall–Kier alpha value is -1.26. The second-order valence-electron chi connectivity index (χ2n) is 4.23. The molecule has 1 N–H and O–H groups in total. The molecule has 0 fully saturated rings. The molecular formula is C13H18O4. The number of phenols is 1. The van der Waals surface area contributed by atoms with Gasteiger partial charge in [0.1, 0.15) is 11.5 Å². The van der Waals surface area contributed by atoms with Gasteiger partial charge >= 0.3 is 0 Å². The molecule has 0 radical (unpaired) electrons. The predicted octanol–water partition coefficient (Wildman–Crippen LogP) is 2.32. The molecule has 17 heavy (non-hydrogen) atoms. The summed E-state index contributed by atoms with van der Waals surface area (Å²) in [5, 5.41) is 10.3. The number of ether oxygens (including phenoxy) is 3. The second kappa shape index (κ2) is 4.55. The molecule has 0 aromatic heterocycles. The lowest BCUT2D eigenvalue weighted by atomic mass is 9.94. The third kappa shape index (κ3) is 1.98. The fraction of sp³-hybridized carbons (Fsp3) is 0.538. The lowest BCUT2D eigenvalue weighted by molar-refractivity contribution is -0.164. The van der Waals surface area contributed by atoms with Crippen molar-refractivity contribution in [2.24, 2.45) is 0 Å². The van der Waals surface area contributed by atoms with Crippen molar-refractivity contribution in [1.29, 1.82) is 0 Å². The SMILES string of the molecule is [2H]C([2H])([2H])OC1OC(C)Cc2cc(OC)c(C)c(O)c21. The van der Waals surface area contributed by atoms with Crippen molar-refractivity contribution in [3.8, 4) is 11.5 Å². The van der Waals surface area contributed by atoms with Crippen molar-refractivity contribution in [1.82, 2.24) is 0 Å². The number of fused-ring (bicyclic) bond motifs is 1. The van der Waals surface area contributed by atoms with Crippen LogP contribution in [0.3, 0.4) is 0 Å². The lowest BCUT2D eigenvalue weighted by Crippen LogP contribution is -2.25. The zero-order valence-corrected chi connectivity index (χ0v) is 10.1. The summed E-state index contributed by atoms with van der Waals surface area (Å²) in [6.45, 7) is 3.51. The first kappa shape index (κ1) is 8.78. The van der Waals surface area contributed by atoms with E-state index in [1.165, 1.54) is 7.11 Å². The van der Waals surface area contributed by atoms with E-state index in [1.807, 2.05) is 6.92 Å². The summed E-state index contributed by atoms with van der Waals surface area (Å²) in [5.41, 5.74) is 1.68. The van der Waals surface area contributed by atoms with E-state index >= 15 is 0 Å². The van der Waals surface area contributed by atoms with Gasteiger partial charge in [-0.15, -0.1) is 0 Å². The summed E-state index contributed by atoms with van der Waals surface area (Å²) in [6, 6.07) is 1.79. The summed E-state index contributed by atoms with van der Waals surface area (Å²) < 4.78 is 37.3. The zero-order valence-electron chi connectivity index (χ0n) is 13.1. The van der Waals surface area contributed by atoms with Gasteiger partial charge in [0, 0.05) is 12.6 Å². The summed E-state index contributed by atoms with van der Waals surface area (Å²) in [4.78, 5) is 0. The van der Waals surface area contributed by atoms with Gasteiger partial charge in [0.15, 0.2) is 6.29 Å². The molecule has 2 atom stereocenters. The number of benzene rings is 1. The maximum atomic E-state index is 10.3. The second-order valence-corrected chi connectivity index (χ2v) is 4.23. The van der Waals surface area contributed by atoms with Crippen LogP contribution in [-0.2, 0) is 15.9 Å². The lowest BCUT2D eigenvalue weighted by Gasteiger charge is -2.31. The van der Waals surface area contributed by atoms with Crippen LogP contribution in [0.15, 0.2) is 6.07 Å². The minimum absolute atomic E-state index is 0.0412. The van der Waals surface area contributed by atoms with Gasteiger partial charge < -0.3 is 19.3 Å². The fourth-order valence-corrected chi connectivity index (χ4v) is 2.18. The molecule has 0 saturated heterocycles. The Balaban J connectivity index is 2.50. The number of rotatable bonds is 2. The van der Waals surface area contributed by atoms with Gasteiger partial charge in [-0.3, -0.25) is 0 Å². The van der Waals surface area contributed by atoms with Crippen molar-refractivity contribution < 1.29 is 23.4 Å². The Morgan fingerprint density at radius 3 is 3.00 bits per heavy atom. The minimum Gasteiger partial charge on any atom is -0.507 e. The number of hydrogen-bond acceptors (Lipinski definition) is 4. The Morgan fingerprint density at radius 1 is 1.59 bits per heavy atom. The van der Waals surface area contributed by atoms with Crippen LogP contribution in [0.4, 0.5) is 0 Å². The number of hydrogen-bond donors (Lipinski definition) is 1. The van der Waals surface area contributed by atoms with Crippen molar-refractivity contribution in [3.63, 3.8) is 0 Å². The van der Waals surface area contributed by atoms with Crippen molar-refractivity contribution in [3.05, 3.63) is 22.8 Å². The number of phenolic OH excluding ortho intramolecular Hbond substituents is 1. The highest BCUT2D eigenvalue weighted by molar-refractivity contribution is 5.54. The van der Waals surface area contributed by atoms with Crippen molar-refractivity contribution in [2.45, 2.75) is 32.7 Å². The Kier molecular flexibility index (Phi) is 2.35. The number of methoxy groups -OCH3 is 2. The Bertz CT molecular complexity index is 513. The predicted molar refractivity (Wildman–Crippen MR) is 63.4 cm³/mol. The standard InChI is InChI=1S/C13H18O4/c1-7-5-9-6-10(15-3)8(2)12(14)11(9)13(16-4)17-7/h6-7,13-14H,5H2,1-4H3/i4D3. The monoisotopic (exact) mass is 241 g/mol. The molecule has 1 heterocycles. The molecule has 1 aliphatic heterocycles. The summed E-state index contributed by atoms with van der Waals surface area (Å²) >= 11 is 0. The molecule has 0 spiro atoms. The van der Waals surface area contributed by atoms with Gasteiger partial charge in [-0.25, -0.2) is 0 Å². The topological polar surface area (TPSA) is 47.9 Å². The van der Waals surface area contributed by atoms with E-state index in [1.54, 1.807) is 13.0 Å². The minimum atomic E-state index is -2.60. The fourth-order valence-electron chi connectivity index (χ4n) is 2.18. The van der Waals surface area contributed by atoms with E-state index in [9.17, 15) is 5.11 Å². The van der Waals surface area contributed by atoms with Crippen LogP contribution in [0.25, 0.3) is 0 Å². The van der Waals surface area contributed by atoms with Crippen molar-refractivity contribution in [2.75, 3.05) is 14.1 Å². The van der Waals surface area contributed by atoms with Crippen molar-refractivity contribution >= 4 is 0 Å². The molecule has 0 aliphatic carbocycles. The van der Waals surface area contributed by atoms with E-state index in [-0.39, 0.29) is 11.9 Å². The van der Waals surface area contributed by atoms with Crippen LogP contribution in [0.5, 0.6) is 11.5 Å². The maximum absolute atomic E-state index is 10.3. The van der Waals surface area contributed by atoms with Gasteiger partial charge in [0.2, 0.25) is 0 Å². The largest absolute Gasteiger partial charge is 0.507 e. The molecule has 1 aromatic carbocycles. The van der Waals surface area contributed by atoms with Crippen LogP contribution < -0.4 is 4.74 Å². The van der Waals surface area contributed by atoms with Gasteiger partial charge in [-0.2, -0.15) is 0 Å². The normalized spacial score (nSPS) is 26.6. The highest BCUT2D eigenvalue weighted by Gasteiger charge is 2.30. The average molecular weight is 241 g/mol. The molecular weight excluding hydrogens is 220 g/mol. The smallest absolute Gasteiger partial charge is 0.187 e. The molecule has 2 unspecified atom stereocenters. The molecule has 0 amide bonds. The molecule has 1 aromatic rings. The molecule has 94 valence electrons. The zero-order chi connectivity index (χ0) is 15.1. The molecule has 4 heteroatoms. The third-order valence-electron chi connectivity index (χ3n) is 3.06. The summed E-state index contributed by atoms with van der Waals surface area (Å²) in [5.74, 6) is 0.517. The molecule has 2 rings (SSSR count). The molecule has 4 nitrogen and oxygen atoms in total. The van der Waals surface area contributed by atoms with E-state index in [4.69, 9.17) is 18.3 Å². The highest BCUT2D eigenvalue weighted by atomic mass is 16.7. The van der Waals surface area contributed by atoms with E-state index < -0.39 is 13.3 Å². The Labute approximate surface area is 105 Å². The number of aromatic hydroxyl groups is 1. The average Bonchev–Trinajstić information content (AvgIpc) is 2.30. The Morgan fingerprint density at radius 2 is 2.35 bits per heavy atom. The quantitative estimate of drug-likeness (QED) is 0.863. The third-order valence-corrected chi connectivity index (χ3v) is 3.06. The van der Waals surface area contributed by atoms with E-state index in [2.05, 4.69) is 0 Å². The first-order chi connectivity index (χ1) is 9.23. The molecule has 0 saturated carbocycles. The molecule has 0 bridgehead atoms. The first-order valence-electron chi connectivity index (χ1n) is 6.95. The first-order valence-corrected chi connectivity index (χ1v) is 5.45. The van der Waals surface area contributed by atoms with Crippen LogP contribution >= 0.6 is 0 Å². The summed E-state index contributed by atoms with van der Waals surface area (Å²) in [7, 11) is -1.08. The van der Waals surface area contributed by atoms with Crippen LogP contribution in [0, 0.1) is 6.92 Å². The summed E-state index contributed by atoms with van der Waals surface area (Å²) in [6.07, 6.45) is -0.757. The highest BCUT2D eigenvalue weighted by Crippen LogP contribution is 2.42. The van der Waals surface area contributed by atoms with Crippen LogP contribution in [0.1, 0.15) is 34.0 Å². The van der Waals surface area contributed by atoms with E-state index in [0.29, 0.717) is 23.3 Å². The van der Waals surface area contributed by atoms with Gasteiger partial charge in [0.05, 0.1) is 22.9 Å². The van der Waals surface area contributed by atoms with Gasteiger partial charge in [0.25, 0.3) is 0 Å². The van der Waals surface area contributed by atoms with Gasteiger partial charge in [-0.05, 0) is 31.9 Å². The van der Waals surface area contributed by atoms with Crippen LogP contribution in [-0.4, -0.2) is 25.4 Å². The van der Waals surface area contributed by atoms with Gasteiger partial charge in [-0.1, -0.05) is 0 Å². The van der Waals surface area contributed by atoms with E-state index in [0.717, 1.165) is 5.56 Å². The molecule has 1 aliphatic rings. The maximum Gasteiger partial charge on any atom is 0.187 e.